The van der Waals surface area contributed by atoms with Gasteiger partial charge in [-0.25, -0.2) is 0 Å². The molecule has 1 heterocycles. The molecule has 0 amide bonds. The predicted octanol–water partition coefficient (Wildman–Crippen LogP) is 3.17. The molecular formula is C15H26ClN3O2. The van der Waals surface area contributed by atoms with Crippen LogP contribution in [0.3, 0.4) is 0 Å². The van der Waals surface area contributed by atoms with Crippen LogP contribution in [0.2, 0.25) is 5.02 Å². The molecule has 0 radical (unpaired) electrons. The Bertz CT molecular complexity index is 488. The van der Waals surface area contributed by atoms with Crippen LogP contribution in [0.5, 0.6) is 0 Å². The molecule has 1 aromatic heterocycles. The summed E-state index contributed by atoms with van der Waals surface area (Å²) in [6, 6.07) is 0. The fraction of sp³-hybridized carbons (Fsp3) is 0.733. The van der Waals surface area contributed by atoms with Gasteiger partial charge in [0.1, 0.15) is 5.54 Å². The van der Waals surface area contributed by atoms with Crippen molar-refractivity contribution in [1.82, 2.24) is 15.1 Å². The van der Waals surface area contributed by atoms with E-state index in [4.69, 9.17) is 11.6 Å². The molecule has 0 aromatic carbocycles. The van der Waals surface area contributed by atoms with Gasteiger partial charge in [-0.05, 0) is 46.1 Å². The van der Waals surface area contributed by atoms with E-state index in [0.717, 1.165) is 24.2 Å². The minimum absolute atomic E-state index is 0.570. The average Bonchev–Trinajstić information content (AvgIpc) is 2.70. The van der Waals surface area contributed by atoms with Crippen molar-refractivity contribution in [2.24, 2.45) is 0 Å². The first-order chi connectivity index (χ1) is 9.88. The lowest BCUT2D eigenvalue weighted by atomic mass is 9.90. The highest BCUT2D eigenvalue weighted by molar-refractivity contribution is 6.31. The second kappa shape index (κ2) is 7.80. The molecule has 0 aliphatic carbocycles. The quantitative estimate of drug-likeness (QED) is 0.734. The molecular weight excluding hydrogens is 290 g/mol. The SMILES string of the molecule is CCCNC(CC)(CCCn1nc(C)c(Cl)c1C)C(=O)O. The summed E-state index contributed by atoms with van der Waals surface area (Å²) in [5.74, 6) is -0.773. The second-order valence-corrected chi connectivity index (χ2v) is 5.86. The minimum atomic E-state index is -0.837. The zero-order valence-corrected chi connectivity index (χ0v) is 14.1. The Hall–Kier alpha value is -1.07. The van der Waals surface area contributed by atoms with Gasteiger partial charge < -0.3 is 10.4 Å². The first-order valence-electron chi connectivity index (χ1n) is 7.56. The van der Waals surface area contributed by atoms with Crippen LogP contribution in [0.1, 0.15) is 50.9 Å². The molecule has 2 N–H and O–H groups in total. The third-order valence-electron chi connectivity index (χ3n) is 3.99. The molecule has 0 bridgehead atoms. The Labute approximate surface area is 131 Å². The Morgan fingerprint density at radius 1 is 1.43 bits per heavy atom. The summed E-state index contributed by atoms with van der Waals surface area (Å²) in [7, 11) is 0. The standard InChI is InChI=1S/C15H26ClN3O2/c1-5-9-17-15(6-2,14(20)21)8-7-10-19-12(4)13(16)11(3)18-19/h17H,5-10H2,1-4H3,(H,20,21). The number of hydrogen-bond acceptors (Lipinski definition) is 3. The number of aliphatic carboxylic acids is 1. The molecule has 21 heavy (non-hydrogen) atoms. The molecule has 0 saturated heterocycles. The van der Waals surface area contributed by atoms with Gasteiger partial charge in [-0.15, -0.1) is 0 Å². The van der Waals surface area contributed by atoms with E-state index < -0.39 is 11.5 Å². The highest BCUT2D eigenvalue weighted by atomic mass is 35.5. The van der Waals surface area contributed by atoms with Crippen LogP contribution in [-0.4, -0.2) is 32.9 Å². The number of carboxylic acids is 1. The second-order valence-electron chi connectivity index (χ2n) is 5.48. The van der Waals surface area contributed by atoms with Crippen molar-refractivity contribution in [1.29, 1.82) is 0 Å². The zero-order chi connectivity index (χ0) is 16.0. The Morgan fingerprint density at radius 3 is 2.52 bits per heavy atom. The summed E-state index contributed by atoms with van der Waals surface area (Å²) in [5.41, 5.74) is 0.919. The maximum atomic E-state index is 11.6. The summed E-state index contributed by atoms with van der Waals surface area (Å²) in [6.07, 6.45) is 2.81. The highest BCUT2D eigenvalue weighted by Gasteiger charge is 2.35. The van der Waals surface area contributed by atoms with Crippen molar-refractivity contribution < 1.29 is 9.90 Å². The zero-order valence-electron chi connectivity index (χ0n) is 13.4. The minimum Gasteiger partial charge on any atom is -0.480 e. The normalized spacial score (nSPS) is 14.1. The van der Waals surface area contributed by atoms with E-state index in [1.165, 1.54) is 0 Å². The molecule has 120 valence electrons. The number of nitrogens with one attached hydrogen (secondary N) is 1. The van der Waals surface area contributed by atoms with Crippen LogP contribution < -0.4 is 5.32 Å². The fourth-order valence-electron chi connectivity index (χ4n) is 2.51. The smallest absolute Gasteiger partial charge is 0.323 e. The Balaban J connectivity index is 2.69. The topological polar surface area (TPSA) is 67.2 Å². The number of nitrogens with zero attached hydrogens (tertiary/aromatic N) is 2. The number of halogens is 1. The molecule has 0 aliphatic heterocycles. The lowest BCUT2D eigenvalue weighted by Crippen LogP contribution is -2.52. The van der Waals surface area contributed by atoms with E-state index in [1.807, 2.05) is 32.4 Å². The van der Waals surface area contributed by atoms with Gasteiger partial charge in [0, 0.05) is 6.54 Å². The summed E-state index contributed by atoms with van der Waals surface area (Å²) in [5, 5.41) is 17.8. The van der Waals surface area contributed by atoms with Gasteiger partial charge in [0.25, 0.3) is 0 Å². The molecule has 1 atom stereocenters. The molecule has 1 aromatic rings. The largest absolute Gasteiger partial charge is 0.480 e. The maximum absolute atomic E-state index is 11.6. The van der Waals surface area contributed by atoms with Gasteiger partial charge in [0.15, 0.2) is 0 Å². The van der Waals surface area contributed by atoms with E-state index >= 15 is 0 Å². The van der Waals surface area contributed by atoms with Crippen LogP contribution in [0.25, 0.3) is 0 Å². The van der Waals surface area contributed by atoms with Crippen molar-refractivity contribution in [3.63, 3.8) is 0 Å². The Kier molecular flexibility index (Phi) is 6.68. The number of carboxylic acid groups (broad SMARTS) is 1. The number of carbonyl (C=O) groups is 1. The predicted molar refractivity (Wildman–Crippen MR) is 84.9 cm³/mol. The van der Waals surface area contributed by atoms with Crippen LogP contribution in [0.4, 0.5) is 0 Å². The van der Waals surface area contributed by atoms with Crippen LogP contribution in [0, 0.1) is 13.8 Å². The van der Waals surface area contributed by atoms with Crippen molar-refractivity contribution >= 4 is 17.6 Å². The third-order valence-corrected chi connectivity index (χ3v) is 4.54. The van der Waals surface area contributed by atoms with E-state index in [0.29, 0.717) is 31.0 Å². The average molecular weight is 316 g/mol. The van der Waals surface area contributed by atoms with Crippen molar-refractivity contribution in [2.75, 3.05) is 6.54 Å². The molecule has 1 unspecified atom stereocenters. The van der Waals surface area contributed by atoms with Crippen molar-refractivity contribution in [2.45, 2.75) is 65.5 Å². The summed E-state index contributed by atoms with van der Waals surface area (Å²) in [4.78, 5) is 11.6. The fourth-order valence-corrected chi connectivity index (χ4v) is 2.65. The summed E-state index contributed by atoms with van der Waals surface area (Å²) in [6.45, 7) is 9.16. The first kappa shape index (κ1) is 18.0. The first-order valence-corrected chi connectivity index (χ1v) is 7.93. The highest BCUT2D eigenvalue weighted by Crippen LogP contribution is 2.22. The molecule has 0 saturated carbocycles. The molecule has 6 heteroatoms. The molecule has 5 nitrogen and oxygen atoms in total. The Morgan fingerprint density at radius 2 is 2.10 bits per heavy atom. The van der Waals surface area contributed by atoms with E-state index in [1.54, 1.807) is 0 Å². The van der Waals surface area contributed by atoms with E-state index in [-0.39, 0.29) is 0 Å². The number of hydrogen-bond donors (Lipinski definition) is 2. The van der Waals surface area contributed by atoms with Crippen LogP contribution in [-0.2, 0) is 11.3 Å². The molecule has 0 spiro atoms. The van der Waals surface area contributed by atoms with Gasteiger partial charge in [-0.3, -0.25) is 9.48 Å². The number of aryl methyl sites for hydroxylation is 2. The lowest BCUT2D eigenvalue weighted by molar-refractivity contribution is -0.145. The van der Waals surface area contributed by atoms with Crippen LogP contribution >= 0.6 is 11.6 Å². The number of aromatic nitrogens is 2. The molecule has 0 aliphatic rings. The van der Waals surface area contributed by atoms with Gasteiger partial charge in [0.05, 0.1) is 16.4 Å². The maximum Gasteiger partial charge on any atom is 0.323 e. The molecule has 0 fully saturated rings. The lowest BCUT2D eigenvalue weighted by Gasteiger charge is -2.29. The summed E-state index contributed by atoms with van der Waals surface area (Å²) < 4.78 is 1.86. The molecule has 1 rings (SSSR count). The van der Waals surface area contributed by atoms with E-state index in [2.05, 4.69) is 10.4 Å². The van der Waals surface area contributed by atoms with Crippen LogP contribution in [0.15, 0.2) is 0 Å². The third kappa shape index (κ3) is 4.20. The van der Waals surface area contributed by atoms with Crippen molar-refractivity contribution in [3.05, 3.63) is 16.4 Å². The summed E-state index contributed by atoms with van der Waals surface area (Å²) >= 11 is 6.12. The van der Waals surface area contributed by atoms with Gasteiger partial charge in [-0.1, -0.05) is 25.4 Å². The van der Waals surface area contributed by atoms with Gasteiger partial charge in [0.2, 0.25) is 0 Å². The van der Waals surface area contributed by atoms with Gasteiger partial charge in [-0.2, -0.15) is 5.10 Å². The van der Waals surface area contributed by atoms with Gasteiger partial charge >= 0.3 is 5.97 Å². The monoisotopic (exact) mass is 315 g/mol. The van der Waals surface area contributed by atoms with Crippen molar-refractivity contribution in [3.8, 4) is 0 Å². The number of rotatable bonds is 9. The van der Waals surface area contributed by atoms with E-state index in [9.17, 15) is 9.90 Å².